The summed E-state index contributed by atoms with van der Waals surface area (Å²) in [4.78, 5) is 20.7. The number of carbonyl (C=O) groups is 2. The largest absolute Gasteiger partial charge is 0.478 e. The molecule has 1 amide bonds. The van der Waals surface area contributed by atoms with Crippen LogP contribution in [-0.2, 0) is 9.84 Å². The Hall–Kier alpha value is -1.89. The van der Waals surface area contributed by atoms with E-state index in [1.54, 1.807) is 0 Å². The van der Waals surface area contributed by atoms with Crippen molar-refractivity contribution in [2.45, 2.75) is 4.90 Å². The van der Waals surface area contributed by atoms with E-state index >= 15 is 0 Å². The first-order valence-corrected chi connectivity index (χ1v) is 5.22. The van der Waals surface area contributed by atoms with Crippen molar-refractivity contribution in [1.82, 2.24) is 0 Å². The van der Waals surface area contributed by atoms with Crippen molar-refractivity contribution in [3.8, 4) is 0 Å². The van der Waals surface area contributed by atoms with E-state index < -0.39 is 21.0 Å². The summed E-state index contributed by atoms with van der Waals surface area (Å²) in [5.41, 5.74) is 4.59. The number of primary amides is 1. The zero-order chi connectivity index (χ0) is 11.6. The van der Waals surface area contributed by atoms with Gasteiger partial charge in [-0.25, -0.2) is 13.2 Å². The lowest BCUT2D eigenvalue weighted by molar-refractivity contribution is 0.0696. The smallest absolute Gasteiger partial charge is 0.338 e. The minimum absolute atomic E-state index is 0.0709. The molecule has 0 heterocycles. The Morgan fingerprint density at radius 2 is 1.60 bits per heavy atom. The first kappa shape index (κ1) is 11.2. The number of carboxylic acids is 1. The maximum absolute atomic E-state index is 11.2. The highest BCUT2D eigenvalue weighted by molar-refractivity contribution is 8.06. The molecular weight excluding hydrogens is 222 g/mol. The van der Waals surface area contributed by atoms with Crippen LogP contribution in [0.3, 0.4) is 0 Å². The van der Waals surface area contributed by atoms with Gasteiger partial charge in [-0.2, -0.15) is 0 Å². The molecular formula is C8H7NO5S. The predicted molar refractivity (Wildman–Crippen MR) is 50.2 cm³/mol. The van der Waals surface area contributed by atoms with Gasteiger partial charge in [0.05, 0.1) is 10.5 Å². The molecule has 0 atom stereocenters. The SMILES string of the molecule is NC(=O)S(=O)(=O)c1ccc(C(=O)O)cc1. The number of carbonyl (C=O) groups excluding carboxylic acids is 1. The van der Waals surface area contributed by atoms with Crippen LogP contribution in [0, 0.1) is 0 Å². The Morgan fingerprint density at radius 1 is 1.13 bits per heavy atom. The van der Waals surface area contributed by atoms with Crippen LogP contribution >= 0.6 is 0 Å². The van der Waals surface area contributed by atoms with Gasteiger partial charge in [0.2, 0.25) is 0 Å². The number of hydrogen-bond donors (Lipinski definition) is 2. The lowest BCUT2D eigenvalue weighted by atomic mass is 10.2. The Bertz CT molecular complexity index is 502. The molecule has 0 saturated heterocycles. The highest BCUT2D eigenvalue weighted by atomic mass is 32.2. The molecule has 3 N–H and O–H groups in total. The van der Waals surface area contributed by atoms with Crippen LogP contribution in [0.5, 0.6) is 0 Å². The zero-order valence-electron chi connectivity index (χ0n) is 7.38. The second kappa shape index (κ2) is 3.70. The predicted octanol–water partition coefficient (Wildman–Crippen LogP) is 0.237. The number of amides is 1. The standard InChI is InChI=1S/C8H7NO5S/c9-8(12)15(13,14)6-3-1-5(2-4-6)7(10)11/h1-4H,(H2,9,12)(H,10,11). The summed E-state index contributed by atoms with van der Waals surface area (Å²) < 4.78 is 22.4. The molecule has 6 nitrogen and oxygen atoms in total. The summed E-state index contributed by atoms with van der Waals surface area (Å²) in [6.07, 6.45) is 0. The first-order chi connectivity index (χ1) is 6.85. The topological polar surface area (TPSA) is 115 Å². The van der Waals surface area contributed by atoms with Crippen molar-refractivity contribution in [3.05, 3.63) is 29.8 Å². The summed E-state index contributed by atoms with van der Waals surface area (Å²) in [6, 6.07) is 4.20. The lowest BCUT2D eigenvalue weighted by Crippen LogP contribution is -2.21. The fourth-order valence-corrected chi connectivity index (χ4v) is 1.62. The van der Waals surface area contributed by atoms with E-state index in [9.17, 15) is 18.0 Å². The Morgan fingerprint density at radius 3 is 1.93 bits per heavy atom. The number of nitrogens with two attached hydrogens (primary N) is 1. The fraction of sp³-hybridized carbons (Fsp3) is 0. The molecule has 0 aromatic heterocycles. The number of hydrogen-bond acceptors (Lipinski definition) is 4. The van der Waals surface area contributed by atoms with Gasteiger partial charge < -0.3 is 10.8 Å². The molecule has 0 saturated carbocycles. The monoisotopic (exact) mass is 229 g/mol. The molecule has 0 aliphatic heterocycles. The second-order valence-electron chi connectivity index (χ2n) is 2.65. The van der Waals surface area contributed by atoms with Gasteiger partial charge in [0.25, 0.3) is 9.84 Å². The first-order valence-electron chi connectivity index (χ1n) is 3.73. The lowest BCUT2D eigenvalue weighted by Gasteiger charge is -1.99. The van der Waals surface area contributed by atoms with Crippen molar-refractivity contribution in [2.24, 2.45) is 5.73 Å². The van der Waals surface area contributed by atoms with Gasteiger partial charge in [-0.15, -0.1) is 0 Å². The van der Waals surface area contributed by atoms with Gasteiger partial charge in [-0.05, 0) is 24.3 Å². The Balaban J connectivity index is 3.21. The molecule has 15 heavy (non-hydrogen) atoms. The molecule has 80 valence electrons. The van der Waals surface area contributed by atoms with E-state index in [0.29, 0.717) is 0 Å². The minimum Gasteiger partial charge on any atom is -0.478 e. The molecule has 7 heteroatoms. The van der Waals surface area contributed by atoms with E-state index in [-0.39, 0.29) is 10.5 Å². The van der Waals surface area contributed by atoms with Crippen molar-refractivity contribution in [3.63, 3.8) is 0 Å². The van der Waals surface area contributed by atoms with E-state index in [4.69, 9.17) is 5.11 Å². The van der Waals surface area contributed by atoms with Crippen LogP contribution in [0.2, 0.25) is 0 Å². The van der Waals surface area contributed by atoms with Gasteiger partial charge >= 0.3 is 11.2 Å². The fourth-order valence-electron chi connectivity index (χ4n) is 0.893. The third-order valence-electron chi connectivity index (χ3n) is 1.68. The summed E-state index contributed by atoms with van der Waals surface area (Å²) in [5.74, 6) is -1.18. The summed E-state index contributed by atoms with van der Waals surface area (Å²) >= 11 is 0. The van der Waals surface area contributed by atoms with E-state index in [1.165, 1.54) is 0 Å². The summed E-state index contributed by atoms with van der Waals surface area (Å²) in [5, 5.41) is 7.08. The molecule has 0 aliphatic rings. The molecule has 0 aliphatic carbocycles. The molecule has 1 aromatic rings. The Kier molecular flexibility index (Phi) is 2.76. The van der Waals surface area contributed by atoms with Gasteiger partial charge in [0.15, 0.2) is 0 Å². The maximum atomic E-state index is 11.2. The van der Waals surface area contributed by atoms with Crippen LogP contribution in [0.4, 0.5) is 4.79 Å². The van der Waals surface area contributed by atoms with Crippen LogP contribution < -0.4 is 5.73 Å². The normalized spacial score (nSPS) is 10.9. The van der Waals surface area contributed by atoms with Gasteiger partial charge in [0.1, 0.15) is 0 Å². The highest BCUT2D eigenvalue weighted by Crippen LogP contribution is 2.12. The third kappa shape index (κ3) is 2.13. The van der Waals surface area contributed by atoms with Crippen LogP contribution in [-0.4, -0.2) is 24.7 Å². The highest BCUT2D eigenvalue weighted by Gasteiger charge is 2.21. The zero-order valence-corrected chi connectivity index (χ0v) is 8.19. The third-order valence-corrected chi connectivity index (χ3v) is 3.10. The number of benzene rings is 1. The number of aromatic carboxylic acids is 1. The molecule has 0 bridgehead atoms. The minimum atomic E-state index is -4.17. The number of carboxylic acid groups (broad SMARTS) is 1. The maximum Gasteiger partial charge on any atom is 0.338 e. The van der Waals surface area contributed by atoms with Crippen LogP contribution in [0.15, 0.2) is 29.2 Å². The van der Waals surface area contributed by atoms with Crippen molar-refractivity contribution >= 4 is 21.0 Å². The van der Waals surface area contributed by atoms with Crippen molar-refractivity contribution in [2.75, 3.05) is 0 Å². The van der Waals surface area contributed by atoms with Gasteiger partial charge in [0, 0.05) is 0 Å². The molecule has 0 radical (unpaired) electrons. The molecule has 0 fully saturated rings. The number of sulfone groups is 1. The van der Waals surface area contributed by atoms with Crippen molar-refractivity contribution in [1.29, 1.82) is 0 Å². The van der Waals surface area contributed by atoms with E-state index in [1.807, 2.05) is 0 Å². The quantitative estimate of drug-likeness (QED) is 0.753. The van der Waals surface area contributed by atoms with E-state index in [2.05, 4.69) is 5.73 Å². The number of rotatable bonds is 2. The second-order valence-corrected chi connectivity index (χ2v) is 4.53. The molecule has 0 unspecified atom stereocenters. The molecule has 1 rings (SSSR count). The average molecular weight is 229 g/mol. The van der Waals surface area contributed by atoms with Crippen LogP contribution in [0.25, 0.3) is 0 Å². The van der Waals surface area contributed by atoms with Gasteiger partial charge in [-0.3, -0.25) is 4.79 Å². The van der Waals surface area contributed by atoms with Crippen molar-refractivity contribution < 1.29 is 23.1 Å². The molecule has 0 spiro atoms. The van der Waals surface area contributed by atoms with Gasteiger partial charge in [-0.1, -0.05) is 0 Å². The van der Waals surface area contributed by atoms with E-state index in [0.717, 1.165) is 24.3 Å². The summed E-state index contributed by atoms with van der Waals surface area (Å²) in [6.45, 7) is 0. The molecule has 1 aromatic carbocycles. The van der Waals surface area contributed by atoms with Crippen LogP contribution in [0.1, 0.15) is 10.4 Å². The average Bonchev–Trinajstić information content (AvgIpc) is 2.17. The Labute approximate surface area is 85.2 Å². The summed E-state index contributed by atoms with van der Waals surface area (Å²) in [7, 11) is -4.17.